The Bertz CT molecular complexity index is 613. The fourth-order valence-corrected chi connectivity index (χ4v) is 3.82. The quantitative estimate of drug-likeness (QED) is 0.689. The lowest BCUT2D eigenvalue weighted by Crippen LogP contribution is -2.33. The molecule has 0 spiro atoms. The van der Waals surface area contributed by atoms with Crippen LogP contribution in [-0.2, 0) is 17.0 Å². The molecule has 1 amide bonds. The zero-order valence-electron chi connectivity index (χ0n) is 12.6. The zero-order valence-corrected chi connectivity index (χ0v) is 15.9. The molecule has 3 nitrogen and oxygen atoms in total. The lowest BCUT2D eigenvalue weighted by atomic mass is 10.2. The third-order valence-corrected chi connectivity index (χ3v) is 5.84. The summed E-state index contributed by atoms with van der Waals surface area (Å²) in [7, 11) is 0. The predicted molar refractivity (Wildman–Crippen MR) is 97.4 cm³/mol. The van der Waals surface area contributed by atoms with Crippen LogP contribution in [-0.4, -0.2) is 16.9 Å². The molecule has 0 bridgehead atoms. The molecular weight excluding hydrogens is 380 g/mol. The Labute approximate surface area is 148 Å². The van der Waals surface area contributed by atoms with Crippen molar-refractivity contribution in [2.75, 3.05) is 0 Å². The summed E-state index contributed by atoms with van der Waals surface area (Å²) in [5.74, 6) is 0.934. The number of hydrogen-bond donors (Lipinski definition) is 1. The van der Waals surface area contributed by atoms with Gasteiger partial charge in [-0.05, 0) is 31.0 Å². The van der Waals surface area contributed by atoms with Crippen molar-refractivity contribution in [2.45, 2.75) is 42.8 Å². The highest BCUT2D eigenvalue weighted by molar-refractivity contribution is 9.10. The van der Waals surface area contributed by atoms with Crippen molar-refractivity contribution in [2.24, 2.45) is 0 Å². The molecule has 0 aliphatic rings. The molecule has 1 unspecified atom stereocenters. The number of carbonyl (C=O) groups is 1. The summed E-state index contributed by atoms with van der Waals surface area (Å²) in [5.41, 5.74) is 2.11. The topological polar surface area (TPSA) is 42.0 Å². The van der Waals surface area contributed by atoms with Crippen LogP contribution in [0.1, 0.15) is 31.5 Å². The normalized spacial score (nSPS) is 12.1. The summed E-state index contributed by atoms with van der Waals surface area (Å²) < 4.78 is 2.10. The van der Waals surface area contributed by atoms with E-state index in [4.69, 9.17) is 0 Å². The number of rotatable bonds is 7. The van der Waals surface area contributed by atoms with Crippen molar-refractivity contribution in [1.82, 2.24) is 10.3 Å². The molecule has 22 heavy (non-hydrogen) atoms. The van der Waals surface area contributed by atoms with E-state index in [2.05, 4.69) is 45.3 Å². The van der Waals surface area contributed by atoms with Crippen LogP contribution in [0.25, 0.3) is 0 Å². The van der Waals surface area contributed by atoms with Crippen molar-refractivity contribution in [3.8, 4) is 0 Å². The molecule has 1 aromatic carbocycles. The summed E-state index contributed by atoms with van der Waals surface area (Å²) in [6, 6.07) is 8.51. The fraction of sp³-hybridized carbons (Fsp3) is 0.375. The van der Waals surface area contributed by atoms with Crippen LogP contribution in [0.5, 0.6) is 0 Å². The van der Waals surface area contributed by atoms with E-state index >= 15 is 0 Å². The summed E-state index contributed by atoms with van der Waals surface area (Å²) in [4.78, 5) is 16.4. The number of nitrogens with zero attached hydrogens (tertiary/aromatic N) is 1. The van der Waals surface area contributed by atoms with Gasteiger partial charge in [0.1, 0.15) is 4.34 Å². The molecule has 6 heteroatoms. The molecule has 1 aromatic heterocycles. The van der Waals surface area contributed by atoms with E-state index in [1.54, 1.807) is 23.1 Å². The summed E-state index contributed by atoms with van der Waals surface area (Å²) >= 11 is 6.74. The maximum absolute atomic E-state index is 11.8. The lowest BCUT2D eigenvalue weighted by Gasteiger charge is -2.10. The van der Waals surface area contributed by atoms with Crippen molar-refractivity contribution in [3.05, 3.63) is 45.4 Å². The number of thioether (sulfide) groups is 1. The van der Waals surface area contributed by atoms with Crippen LogP contribution in [0.2, 0.25) is 0 Å². The van der Waals surface area contributed by atoms with Crippen LogP contribution in [0.3, 0.4) is 0 Å². The average Bonchev–Trinajstić information content (AvgIpc) is 2.93. The Balaban J connectivity index is 1.83. The molecule has 0 radical (unpaired) electrons. The highest BCUT2D eigenvalue weighted by Crippen LogP contribution is 2.26. The second kappa shape index (κ2) is 8.70. The Hall–Kier alpha value is -0.850. The molecule has 2 aromatic rings. The number of benzene rings is 1. The van der Waals surface area contributed by atoms with Gasteiger partial charge in [0.15, 0.2) is 0 Å². The number of amides is 1. The third kappa shape index (κ3) is 5.74. The first kappa shape index (κ1) is 17.5. The third-order valence-electron chi connectivity index (χ3n) is 3.17. The van der Waals surface area contributed by atoms with Gasteiger partial charge in [-0.2, -0.15) is 0 Å². The van der Waals surface area contributed by atoms with Crippen LogP contribution in [0.15, 0.2) is 38.5 Å². The summed E-state index contributed by atoms with van der Waals surface area (Å²) in [6.45, 7) is 4.07. The van der Waals surface area contributed by atoms with Gasteiger partial charge < -0.3 is 5.32 Å². The highest BCUT2D eigenvalue weighted by Gasteiger charge is 2.10. The maximum atomic E-state index is 11.8. The van der Waals surface area contributed by atoms with Gasteiger partial charge in [-0.3, -0.25) is 4.79 Å². The monoisotopic (exact) mass is 398 g/mol. The van der Waals surface area contributed by atoms with Crippen molar-refractivity contribution in [1.29, 1.82) is 0 Å². The minimum Gasteiger partial charge on any atom is -0.353 e. The molecule has 1 atom stereocenters. The van der Waals surface area contributed by atoms with E-state index in [0.717, 1.165) is 26.7 Å². The van der Waals surface area contributed by atoms with Gasteiger partial charge in [-0.25, -0.2) is 4.98 Å². The van der Waals surface area contributed by atoms with Gasteiger partial charge in [0, 0.05) is 21.6 Å². The van der Waals surface area contributed by atoms with Crippen molar-refractivity contribution in [3.63, 3.8) is 0 Å². The van der Waals surface area contributed by atoms with Crippen LogP contribution >= 0.6 is 39.0 Å². The largest absolute Gasteiger partial charge is 0.353 e. The highest BCUT2D eigenvalue weighted by atomic mass is 79.9. The Morgan fingerprint density at radius 2 is 2.14 bits per heavy atom. The number of hydrogen-bond acceptors (Lipinski definition) is 4. The smallest absolute Gasteiger partial charge is 0.226 e. The van der Waals surface area contributed by atoms with Crippen molar-refractivity contribution >= 4 is 44.9 Å². The van der Waals surface area contributed by atoms with Gasteiger partial charge >= 0.3 is 0 Å². The van der Waals surface area contributed by atoms with Crippen LogP contribution < -0.4 is 5.32 Å². The number of carbonyl (C=O) groups excluding carboxylic acids is 1. The molecule has 0 aliphatic heterocycles. The van der Waals surface area contributed by atoms with Gasteiger partial charge in [0.2, 0.25) is 5.91 Å². The van der Waals surface area contributed by atoms with Crippen molar-refractivity contribution < 1.29 is 4.79 Å². The van der Waals surface area contributed by atoms with E-state index in [0.29, 0.717) is 6.42 Å². The number of aromatic nitrogens is 1. The molecule has 1 heterocycles. The maximum Gasteiger partial charge on any atom is 0.226 e. The zero-order chi connectivity index (χ0) is 15.9. The first-order valence-electron chi connectivity index (χ1n) is 7.18. The molecule has 0 saturated heterocycles. The van der Waals surface area contributed by atoms with E-state index in [1.165, 1.54) is 5.56 Å². The van der Waals surface area contributed by atoms with Gasteiger partial charge in [0.05, 0.1) is 12.1 Å². The Morgan fingerprint density at radius 1 is 1.41 bits per heavy atom. The molecule has 0 fully saturated rings. The van der Waals surface area contributed by atoms with E-state index in [9.17, 15) is 4.79 Å². The van der Waals surface area contributed by atoms with Gasteiger partial charge in [0.25, 0.3) is 0 Å². The number of halogens is 1. The SMILES string of the molecule is CCC(C)NC(=O)Cc1csc(SCc2ccc(Br)cc2)n1. The predicted octanol–water partition coefficient (Wildman–Crippen LogP) is 4.66. The Morgan fingerprint density at radius 3 is 2.82 bits per heavy atom. The summed E-state index contributed by atoms with van der Waals surface area (Å²) in [5, 5.41) is 4.94. The van der Waals surface area contributed by atoms with Gasteiger partial charge in [-0.1, -0.05) is 46.7 Å². The van der Waals surface area contributed by atoms with E-state index < -0.39 is 0 Å². The lowest BCUT2D eigenvalue weighted by molar-refractivity contribution is -0.121. The first-order valence-corrected chi connectivity index (χ1v) is 9.83. The van der Waals surface area contributed by atoms with E-state index in [1.807, 2.05) is 24.4 Å². The van der Waals surface area contributed by atoms with Crippen LogP contribution in [0, 0.1) is 0 Å². The Kier molecular flexibility index (Phi) is 6.92. The minimum atomic E-state index is 0.0455. The second-order valence-electron chi connectivity index (χ2n) is 5.07. The van der Waals surface area contributed by atoms with Gasteiger partial charge in [-0.15, -0.1) is 11.3 Å². The molecule has 2 rings (SSSR count). The average molecular weight is 399 g/mol. The van der Waals surface area contributed by atoms with E-state index in [-0.39, 0.29) is 11.9 Å². The minimum absolute atomic E-state index is 0.0455. The second-order valence-corrected chi connectivity index (χ2v) is 8.07. The molecule has 0 saturated carbocycles. The molecule has 118 valence electrons. The summed E-state index contributed by atoms with van der Waals surface area (Å²) in [6.07, 6.45) is 1.30. The number of nitrogens with one attached hydrogen (secondary N) is 1. The van der Waals surface area contributed by atoms with Crippen LogP contribution in [0.4, 0.5) is 0 Å². The molecular formula is C16H19BrN2OS2. The standard InChI is InChI=1S/C16H19BrN2OS2/c1-3-11(2)18-15(20)8-14-10-22-16(19-14)21-9-12-4-6-13(17)7-5-12/h4-7,10-11H,3,8-9H2,1-2H3,(H,18,20). The fourth-order valence-electron chi connectivity index (χ4n) is 1.75. The molecule has 0 aliphatic carbocycles. The first-order chi connectivity index (χ1) is 10.6. The molecule has 1 N–H and O–H groups in total. The number of thiazole rings is 1.